The second kappa shape index (κ2) is 11.8. The Morgan fingerprint density at radius 2 is 1.22 bits per heavy atom. The third-order valence-electron chi connectivity index (χ3n) is 5.42. The van der Waals surface area contributed by atoms with Crippen molar-refractivity contribution in [2.24, 2.45) is 0 Å². The quantitative estimate of drug-likeness (QED) is 0.327. The van der Waals surface area contributed by atoms with Gasteiger partial charge in [0.15, 0.2) is 35.6 Å². The Kier molecular flexibility index (Phi) is 8.82. The molecule has 36 heavy (non-hydrogen) atoms. The van der Waals surface area contributed by atoms with Crippen molar-refractivity contribution in [2.45, 2.75) is 38.3 Å². The molecule has 0 aromatic heterocycles. The van der Waals surface area contributed by atoms with Crippen molar-refractivity contribution in [2.75, 3.05) is 28.4 Å². The highest BCUT2D eigenvalue weighted by Crippen LogP contribution is 2.37. The van der Waals surface area contributed by atoms with Crippen LogP contribution in [0.2, 0.25) is 0 Å². The highest BCUT2D eigenvalue weighted by molar-refractivity contribution is 5.55. The van der Waals surface area contributed by atoms with Gasteiger partial charge >= 0.3 is 0 Å². The number of hydrogen-bond donors (Lipinski definition) is 1. The van der Waals surface area contributed by atoms with Crippen molar-refractivity contribution in [3.63, 3.8) is 0 Å². The molecule has 1 aliphatic heterocycles. The van der Waals surface area contributed by atoms with Gasteiger partial charge in [0.2, 0.25) is 0 Å². The Bertz CT molecular complexity index is 1110. The van der Waals surface area contributed by atoms with Crippen molar-refractivity contribution < 1.29 is 48.1 Å². The van der Waals surface area contributed by atoms with Crippen LogP contribution in [0.25, 0.3) is 0 Å². The van der Waals surface area contributed by atoms with Crippen LogP contribution in [0.1, 0.15) is 17.5 Å². The van der Waals surface area contributed by atoms with Crippen LogP contribution in [0.15, 0.2) is 24.3 Å². The van der Waals surface area contributed by atoms with E-state index in [4.69, 9.17) is 33.2 Å². The molecule has 1 aliphatic rings. The van der Waals surface area contributed by atoms with Gasteiger partial charge in [-0.25, -0.2) is 0 Å². The number of nitrogens with zero attached hydrogens (tertiary/aromatic N) is 2. The molecule has 196 valence electrons. The minimum Gasteiger partial charge on any atom is -0.493 e. The number of methoxy groups -OCH3 is 4. The van der Waals surface area contributed by atoms with E-state index in [1.54, 1.807) is 0 Å². The summed E-state index contributed by atoms with van der Waals surface area (Å²) < 4.78 is 37.4. The van der Waals surface area contributed by atoms with Gasteiger partial charge in [0.1, 0.15) is 6.10 Å². The molecule has 14 nitrogen and oxygen atoms in total. The van der Waals surface area contributed by atoms with E-state index in [2.05, 4.69) is 0 Å². The second-order valence-electron chi connectivity index (χ2n) is 7.55. The Balaban J connectivity index is 1.67. The molecule has 2 aromatic rings. The van der Waals surface area contributed by atoms with Crippen LogP contribution in [0.5, 0.6) is 23.0 Å². The number of aliphatic hydroxyl groups excluding tert-OH is 1. The molecule has 0 unspecified atom stereocenters. The minimum atomic E-state index is -1.15. The van der Waals surface area contributed by atoms with Crippen molar-refractivity contribution in [1.29, 1.82) is 0 Å². The van der Waals surface area contributed by atoms with E-state index in [0.29, 0.717) is 0 Å². The lowest BCUT2D eigenvalue weighted by Gasteiger charge is -2.17. The maximum Gasteiger partial charge on any atom is 0.278 e. The number of rotatable bonds is 12. The molecular weight excluding hydrogens is 484 g/mol. The van der Waals surface area contributed by atoms with Crippen LogP contribution in [0, 0.1) is 20.2 Å². The average Bonchev–Trinajstić information content (AvgIpc) is 3.23. The molecule has 0 spiro atoms. The van der Waals surface area contributed by atoms with Gasteiger partial charge in [0.25, 0.3) is 11.4 Å². The summed E-state index contributed by atoms with van der Waals surface area (Å²) in [6, 6.07) is 5.27. The summed E-state index contributed by atoms with van der Waals surface area (Å²) in [6.07, 6.45) is -3.18. The van der Waals surface area contributed by atoms with Crippen molar-refractivity contribution >= 4 is 11.4 Å². The summed E-state index contributed by atoms with van der Waals surface area (Å²) in [5.74, 6) is 0.931. The second-order valence-corrected chi connectivity index (χ2v) is 7.55. The monoisotopic (exact) mass is 510 g/mol. The van der Waals surface area contributed by atoms with Gasteiger partial charge in [-0.05, 0) is 12.1 Å². The fourth-order valence-electron chi connectivity index (χ4n) is 3.61. The van der Waals surface area contributed by atoms with Gasteiger partial charge < -0.3 is 38.3 Å². The average molecular weight is 510 g/mol. The number of ether oxygens (including phenoxy) is 7. The summed E-state index contributed by atoms with van der Waals surface area (Å²) in [4.78, 5) is 21.8. The molecule has 1 N–H and O–H groups in total. The third-order valence-corrected chi connectivity index (χ3v) is 5.42. The van der Waals surface area contributed by atoms with Gasteiger partial charge in [-0.3, -0.25) is 20.2 Å². The number of nitro benzene ring substituents is 2. The van der Waals surface area contributed by atoms with Gasteiger partial charge in [-0.2, -0.15) is 0 Å². The fraction of sp³-hybridized carbons (Fsp3) is 0.455. The number of benzene rings is 2. The summed E-state index contributed by atoms with van der Waals surface area (Å²) in [7, 11) is 5.51. The van der Waals surface area contributed by atoms with E-state index in [1.807, 2.05) is 0 Å². The van der Waals surface area contributed by atoms with Crippen LogP contribution >= 0.6 is 0 Å². The van der Waals surface area contributed by atoms with E-state index in [1.165, 1.54) is 52.7 Å². The molecule has 1 heterocycles. The minimum absolute atomic E-state index is 0.0137. The number of nitro groups is 2. The highest BCUT2D eigenvalue weighted by atomic mass is 16.8. The first-order valence-corrected chi connectivity index (χ1v) is 10.6. The van der Waals surface area contributed by atoms with Crippen LogP contribution in [-0.2, 0) is 27.4 Å². The Hall–Kier alpha value is -3.72. The van der Waals surface area contributed by atoms with E-state index in [-0.39, 0.29) is 65.1 Å². The molecule has 2 aromatic carbocycles. The zero-order valence-corrected chi connectivity index (χ0v) is 20.0. The molecule has 14 heteroatoms. The van der Waals surface area contributed by atoms with Crippen LogP contribution < -0.4 is 18.9 Å². The van der Waals surface area contributed by atoms with Crippen molar-refractivity contribution in [1.82, 2.24) is 0 Å². The Morgan fingerprint density at radius 1 is 0.806 bits per heavy atom. The van der Waals surface area contributed by atoms with Gasteiger partial charge in [-0.1, -0.05) is 0 Å². The molecular formula is C22H26N2O12. The Labute approximate surface area is 205 Å². The van der Waals surface area contributed by atoms with E-state index >= 15 is 0 Å². The standard InChI is InChI=1S/C22H26N2O12/c1-30-17-5-12(14(23(26)27)7-19(17)32-3)10-34-21-9-16(25)22(36-21)35-11-13-6-18(31-2)20(33-4)8-15(13)24(28)29/h5-8,16,21-22,25H,9-11H2,1-4H3/t16-,21-,22+/m0/s1. The SMILES string of the molecule is COc1cc(CO[C@@H]2C[C@H](O)[C@H](OCc3cc(OC)c(OC)cc3[N+](=O)[O-])O2)c([N+](=O)[O-])cc1OC. The predicted molar refractivity (Wildman–Crippen MR) is 121 cm³/mol. The fourth-order valence-corrected chi connectivity index (χ4v) is 3.61. The van der Waals surface area contributed by atoms with Crippen LogP contribution in [0.4, 0.5) is 11.4 Å². The van der Waals surface area contributed by atoms with E-state index in [9.17, 15) is 25.3 Å². The topological polar surface area (TPSA) is 171 Å². The largest absolute Gasteiger partial charge is 0.493 e. The molecule has 3 rings (SSSR count). The lowest BCUT2D eigenvalue weighted by molar-refractivity contribution is -0.386. The predicted octanol–water partition coefficient (Wildman–Crippen LogP) is 2.70. The van der Waals surface area contributed by atoms with Crippen LogP contribution in [0.3, 0.4) is 0 Å². The normalized spacial score (nSPS) is 19.1. The maximum absolute atomic E-state index is 11.5. The van der Waals surface area contributed by atoms with E-state index in [0.717, 1.165) is 0 Å². The molecule has 3 atom stereocenters. The summed E-state index contributed by atoms with van der Waals surface area (Å²) in [6.45, 7) is -0.492. The lowest BCUT2D eigenvalue weighted by Crippen LogP contribution is -2.24. The first-order valence-electron chi connectivity index (χ1n) is 10.6. The summed E-state index contributed by atoms with van der Waals surface area (Å²) in [5.41, 5.74) is -0.103. The molecule has 0 bridgehead atoms. The van der Waals surface area contributed by atoms with E-state index < -0.39 is 28.5 Å². The molecule has 1 saturated heterocycles. The lowest BCUT2D eigenvalue weighted by atomic mass is 10.1. The van der Waals surface area contributed by atoms with Crippen molar-refractivity contribution in [3.8, 4) is 23.0 Å². The molecule has 0 radical (unpaired) electrons. The molecule has 0 aliphatic carbocycles. The van der Waals surface area contributed by atoms with Gasteiger partial charge in [0.05, 0.1) is 74.8 Å². The summed E-state index contributed by atoms with van der Waals surface area (Å²) >= 11 is 0. The first kappa shape index (κ1) is 26.9. The third kappa shape index (κ3) is 5.91. The molecule has 0 saturated carbocycles. The number of aliphatic hydroxyl groups is 1. The highest BCUT2D eigenvalue weighted by Gasteiger charge is 2.36. The smallest absolute Gasteiger partial charge is 0.278 e. The maximum atomic E-state index is 11.5. The van der Waals surface area contributed by atoms with Gasteiger partial charge in [0, 0.05) is 6.42 Å². The zero-order chi connectivity index (χ0) is 26.4. The molecule has 1 fully saturated rings. The number of hydrogen-bond acceptors (Lipinski definition) is 12. The zero-order valence-electron chi connectivity index (χ0n) is 20.0. The van der Waals surface area contributed by atoms with Crippen LogP contribution in [-0.4, -0.2) is 62.1 Å². The summed E-state index contributed by atoms with van der Waals surface area (Å²) in [5, 5.41) is 33.3. The van der Waals surface area contributed by atoms with Gasteiger partial charge in [-0.15, -0.1) is 0 Å². The Morgan fingerprint density at radius 3 is 1.64 bits per heavy atom. The van der Waals surface area contributed by atoms with Crippen molar-refractivity contribution in [3.05, 3.63) is 55.6 Å². The molecule has 0 amide bonds. The first-order chi connectivity index (χ1) is 17.2.